The Kier molecular flexibility index (Phi) is 4.71. The number of rotatable bonds is 6. The van der Waals surface area contributed by atoms with E-state index in [0.29, 0.717) is 24.5 Å². The number of ether oxygens (including phenoxy) is 1. The molecule has 2 aromatic rings. The second kappa shape index (κ2) is 6.82. The van der Waals surface area contributed by atoms with Gasteiger partial charge in [-0.3, -0.25) is 9.69 Å². The summed E-state index contributed by atoms with van der Waals surface area (Å²) in [6.07, 6.45) is 1.17. The van der Waals surface area contributed by atoms with Gasteiger partial charge in [-0.25, -0.2) is 9.78 Å². The summed E-state index contributed by atoms with van der Waals surface area (Å²) in [6.45, 7) is 5.42. The van der Waals surface area contributed by atoms with E-state index in [9.17, 15) is 9.59 Å². The summed E-state index contributed by atoms with van der Waals surface area (Å²) in [7, 11) is 1.62. The van der Waals surface area contributed by atoms with Crippen molar-refractivity contribution in [3.05, 3.63) is 47.2 Å². The highest BCUT2D eigenvalue weighted by Crippen LogP contribution is 2.25. The van der Waals surface area contributed by atoms with Gasteiger partial charge in [0.2, 0.25) is 5.89 Å². The minimum Gasteiger partial charge on any atom is -0.497 e. The van der Waals surface area contributed by atoms with Gasteiger partial charge in [-0.1, -0.05) is 12.1 Å². The molecule has 1 saturated heterocycles. The van der Waals surface area contributed by atoms with Gasteiger partial charge in [-0.05, 0) is 51.3 Å². The molecule has 7 nitrogen and oxygen atoms in total. The third-order valence-electron chi connectivity index (χ3n) is 4.78. The quantitative estimate of drug-likeness (QED) is 0.804. The smallest absolute Gasteiger partial charge is 0.325 e. The van der Waals surface area contributed by atoms with Crippen molar-refractivity contribution in [1.29, 1.82) is 0 Å². The lowest BCUT2D eigenvalue weighted by Gasteiger charge is -2.21. The van der Waals surface area contributed by atoms with Crippen LogP contribution in [-0.2, 0) is 17.8 Å². The van der Waals surface area contributed by atoms with Crippen molar-refractivity contribution in [1.82, 2.24) is 15.2 Å². The summed E-state index contributed by atoms with van der Waals surface area (Å²) in [6, 6.07) is 7.26. The normalized spacial score (nSPS) is 19.8. The molecule has 0 aliphatic carbocycles. The second-order valence-corrected chi connectivity index (χ2v) is 6.75. The van der Waals surface area contributed by atoms with Gasteiger partial charge in [0.25, 0.3) is 5.91 Å². The number of urea groups is 1. The van der Waals surface area contributed by atoms with Gasteiger partial charge in [0.05, 0.1) is 12.8 Å². The zero-order valence-electron chi connectivity index (χ0n) is 15.5. The molecule has 1 fully saturated rings. The lowest BCUT2D eigenvalue weighted by Crippen LogP contribution is -2.44. The summed E-state index contributed by atoms with van der Waals surface area (Å²) in [4.78, 5) is 30.5. The molecule has 0 spiro atoms. The van der Waals surface area contributed by atoms with E-state index >= 15 is 0 Å². The predicted octanol–water partition coefficient (Wildman–Crippen LogP) is 2.74. The molecule has 1 atom stereocenters. The molecule has 2 heterocycles. The van der Waals surface area contributed by atoms with Gasteiger partial charge in [0, 0.05) is 0 Å². The Bertz CT molecular complexity index is 808. The number of oxazole rings is 1. The van der Waals surface area contributed by atoms with Crippen LogP contribution in [0.2, 0.25) is 0 Å². The van der Waals surface area contributed by atoms with Crippen LogP contribution in [0, 0.1) is 13.8 Å². The monoisotopic (exact) mass is 357 g/mol. The molecule has 1 aliphatic rings. The maximum absolute atomic E-state index is 12.8. The molecule has 26 heavy (non-hydrogen) atoms. The Labute approximate surface area is 152 Å². The van der Waals surface area contributed by atoms with Crippen LogP contribution in [0.4, 0.5) is 4.79 Å². The Morgan fingerprint density at radius 2 is 1.92 bits per heavy atom. The third kappa shape index (κ3) is 3.42. The molecule has 3 rings (SSSR count). The fourth-order valence-corrected chi connectivity index (χ4v) is 2.99. The number of hydrogen-bond donors (Lipinski definition) is 1. The highest BCUT2D eigenvalue weighted by atomic mass is 16.5. The lowest BCUT2D eigenvalue weighted by molar-refractivity contribution is -0.131. The van der Waals surface area contributed by atoms with Crippen molar-refractivity contribution in [2.45, 2.75) is 45.7 Å². The minimum atomic E-state index is -0.937. The zero-order chi connectivity index (χ0) is 18.9. The summed E-state index contributed by atoms with van der Waals surface area (Å²) >= 11 is 0. The van der Waals surface area contributed by atoms with Crippen LogP contribution in [0.3, 0.4) is 0 Å². The third-order valence-corrected chi connectivity index (χ3v) is 4.78. The number of hydrogen-bond acceptors (Lipinski definition) is 5. The van der Waals surface area contributed by atoms with Crippen LogP contribution < -0.4 is 10.1 Å². The Morgan fingerprint density at radius 3 is 2.50 bits per heavy atom. The van der Waals surface area contributed by atoms with Gasteiger partial charge >= 0.3 is 6.03 Å². The van der Waals surface area contributed by atoms with E-state index in [1.807, 2.05) is 31.2 Å². The molecule has 0 bridgehead atoms. The van der Waals surface area contributed by atoms with Crippen molar-refractivity contribution >= 4 is 11.9 Å². The van der Waals surface area contributed by atoms with Gasteiger partial charge in [0.1, 0.15) is 23.6 Å². The van der Waals surface area contributed by atoms with E-state index in [-0.39, 0.29) is 12.5 Å². The van der Waals surface area contributed by atoms with Crippen LogP contribution in [0.5, 0.6) is 5.75 Å². The Hall–Kier alpha value is -2.83. The first-order chi connectivity index (χ1) is 12.3. The van der Waals surface area contributed by atoms with E-state index < -0.39 is 11.6 Å². The molecule has 0 saturated carbocycles. The number of carbonyl (C=O) groups excluding carboxylic acids is 2. The fraction of sp³-hybridized carbons (Fsp3) is 0.421. The minimum absolute atomic E-state index is 0.0392. The largest absolute Gasteiger partial charge is 0.497 e. The van der Waals surface area contributed by atoms with Crippen molar-refractivity contribution < 1.29 is 18.7 Å². The van der Waals surface area contributed by atoms with Crippen LogP contribution in [0.15, 0.2) is 28.7 Å². The van der Waals surface area contributed by atoms with Gasteiger partial charge < -0.3 is 14.5 Å². The number of aromatic nitrogens is 1. The molecule has 1 aromatic carbocycles. The van der Waals surface area contributed by atoms with Crippen LogP contribution in [0.1, 0.15) is 36.3 Å². The summed E-state index contributed by atoms with van der Waals surface area (Å²) in [5.74, 6) is 1.58. The topological polar surface area (TPSA) is 84.7 Å². The van der Waals surface area contributed by atoms with Gasteiger partial charge in [-0.2, -0.15) is 0 Å². The summed E-state index contributed by atoms with van der Waals surface area (Å²) in [5.41, 5.74) is 0.897. The molecule has 1 aliphatic heterocycles. The van der Waals surface area contributed by atoms with E-state index in [4.69, 9.17) is 9.15 Å². The average Bonchev–Trinajstić information content (AvgIpc) is 3.05. The molecular weight excluding hydrogens is 334 g/mol. The second-order valence-electron chi connectivity index (χ2n) is 6.75. The highest BCUT2D eigenvalue weighted by Gasteiger charge is 2.47. The van der Waals surface area contributed by atoms with E-state index in [1.54, 1.807) is 21.0 Å². The standard InChI is InChI=1S/C19H23N3O4/c1-12-13(2)26-16(20-12)11-22-17(23)19(3,21-18(22)24)10-9-14-5-7-15(25-4)8-6-14/h5-8H,9-11H2,1-4H3,(H,21,24)/t19-/m1/s1. The number of aryl methyl sites for hydroxylation is 3. The summed E-state index contributed by atoms with van der Waals surface area (Å²) in [5, 5.41) is 2.81. The van der Waals surface area contributed by atoms with Crippen molar-refractivity contribution in [2.24, 2.45) is 0 Å². The molecule has 0 unspecified atom stereocenters. The maximum Gasteiger partial charge on any atom is 0.325 e. The van der Waals surface area contributed by atoms with E-state index in [1.165, 1.54) is 4.90 Å². The first-order valence-corrected chi connectivity index (χ1v) is 8.52. The van der Waals surface area contributed by atoms with Crippen molar-refractivity contribution in [3.63, 3.8) is 0 Å². The number of imide groups is 1. The first-order valence-electron chi connectivity index (χ1n) is 8.52. The van der Waals surface area contributed by atoms with Crippen LogP contribution in [-0.4, -0.2) is 34.5 Å². The number of nitrogens with one attached hydrogen (secondary N) is 1. The Morgan fingerprint density at radius 1 is 1.23 bits per heavy atom. The molecule has 1 aromatic heterocycles. The van der Waals surface area contributed by atoms with Gasteiger partial charge in [0.15, 0.2) is 0 Å². The summed E-state index contributed by atoms with van der Waals surface area (Å²) < 4.78 is 10.6. The number of amides is 3. The molecular formula is C19H23N3O4. The van der Waals surface area contributed by atoms with Crippen LogP contribution in [0.25, 0.3) is 0 Å². The molecule has 1 N–H and O–H groups in total. The lowest BCUT2D eigenvalue weighted by atomic mass is 9.93. The van der Waals surface area contributed by atoms with Crippen molar-refractivity contribution in [3.8, 4) is 5.75 Å². The molecule has 138 valence electrons. The number of benzene rings is 1. The zero-order valence-corrected chi connectivity index (χ0v) is 15.5. The first kappa shape index (κ1) is 18.0. The van der Waals surface area contributed by atoms with Gasteiger partial charge in [-0.15, -0.1) is 0 Å². The average molecular weight is 357 g/mol. The number of nitrogens with zero attached hydrogens (tertiary/aromatic N) is 2. The molecule has 0 radical (unpaired) electrons. The number of carbonyl (C=O) groups is 2. The Balaban J connectivity index is 1.67. The fourth-order valence-electron chi connectivity index (χ4n) is 2.99. The van der Waals surface area contributed by atoms with Crippen molar-refractivity contribution in [2.75, 3.05) is 7.11 Å². The highest BCUT2D eigenvalue weighted by molar-refractivity contribution is 6.06. The SMILES string of the molecule is COc1ccc(CC[C@@]2(C)NC(=O)N(Cc3nc(C)c(C)o3)C2=O)cc1. The van der Waals surface area contributed by atoms with E-state index in [2.05, 4.69) is 10.3 Å². The predicted molar refractivity (Wildman–Crippen MR) is 94.8 cm³/mol. The number of methoxy groups -OCH3 is 1. The molecule has 3 amide bonds. The molecule has 7 heteroatoms. The van der Waals surface area contributed by atoms with E-state index in [0.717, 1.165) is 17.0 Å². The van der Waals surface area contributed by atoms with Crippen LogP contribution >= 0.6 is 0 Å². The maximum atomic E-state index is 12.8.